The number of likely N-dealkylation sites (N-methyl/N-ethyl adjacent to an activating group) is 1. The molecule has 74 valence electrons. The molecule has 0 aliphatic carbocycles. The summed E-state index contributed by atoms with van der Waals surface area (Å²) in [6, 6.07) is 0. The van der Waals surface area contributed by atoms with Crippen molar-refractivity contribution in [2.75, 3.05) is 6.54 Å². The molecular weight excluding hydrogens is 170 g/mol. The third kappa shape index (κ3) is 13.4. The predicted octanol–water partition coefficient (Wildman–Crippen LogP) is 0.956. The van der Waals surface area contributed by atoms with E-state index in [0.29, 0.717) is 6.54 Å². The van der Waals surface area contributed by atoms with E-state index in [1.54, 1.807) is 0 Å². The maximum absolute atomic E-state index is 10.2. The first-order chi connectivity index (χ1) is 5.95. The standard InChI is InChI=1S/C5H9NO.C4H6O2/c1-3-5(7)6-4-2;1-3(2)4(5)6/h3H,1,4H2,2H3,(H,6,7);1H2,2H3,(H,5,6). The summed E-state index contributed by atoms with van der Waals surface area (Å²) in [6.45, 7) is 10.4. The second-order valence-electron chi connectivity index (χ2n) is 2.18. The number of carbonyl (C=O) groups excluding carboxylic acids is 1. The Hall–Kier alpha value is -1.58. The van der Waals surface area contributed by atoms with Gasteiger partial charge in [-0.2, -0.15) is 0 Å². The van der Waals surface area contributed by atoms with E-state index in [1.807, 2.05) is 6.92 Å². The molecule has 0 unspecified atom stereocenters. The van der Waals surface area contributed by atoms with E-state index < -0.39 is 5.97 Å². The molecule has 0 aliphatic rings. The van der Waals surface area contributed by atoms with Crippen molar-refractivity contribution in [3.05, 3.63) is 24.8 Å². The van der Waals surface area contributed by atoms with Crippen LogP contribution in [0.25, 0.3) is 0 Å². The lowest BCUT2D eigenvalue weighted by atomic mass is 10.4. The molecule has 4 heteroatoms. The summed E-state index contributed by atoms with van der Waals surface area (Å²) in [5.41, 5.74) is 0.176. The van der Waals surface area contributed by atoms with Gasteiger partial charge in [0.2, 0.25) is 5.91 Å². The topological polar surface area (TPSA) is 66.4 Å². The number of amides is 1. The first kappa shape index (κ1) is 14.0. The summed E-state index contributed by atoms with van der Waals surface area (Å²) >= 11 is 0. The zero-order valence-corrected chi connectivity index (χ0v) is 7.96. The van der Waals surface area contributed by atoms with Crippen molar-refractivity contribution in [2.24, 2.45) is 0 Å². The van der Waals surface area contributed by atoms with Crippen LogP contribution in [0, 0.1) is 0 Å². The van der Waals surface area contributed by atoms with Gasteiger partial charge in [0.15, 0.2) is 0 Å². The molecule has 2 N–H and O–H groups in total. The van der Waals surface area contributed by atoms with Crippen LogP contribution >= 0.6 is 0 Å². The number of hydrogen-bond acceptors (Lipinski definition) is 2. The molecule has 0 saturated carbocycles. The van der Waals surface area contributed by atoms with Crippen LogP contribution in [-0.2, 0) is 9.59 Å². The number of carboxylic acid groups (broad SMARTS) is 1. The molecule has 0 rings (SSSR count). The van der Waals surface area contributed by atoms with Gasteiger partial charge in [0, 0.05) is 12.1 Å². The molecule has 0 aromatic heterocycles. The third-order valence-electron chi connectivity index (χ3n) is 0.901. The molecule has 13 heavy (non-hydrogen) atoms. The van der Waals surface area contributed by atoms with Crippen LogP contribution < -0.4 is 5.32 Å². The van der Waals surface area contributed by atoms with Gasteiger partial charge in [-0.25, -0.2) is 4.79 Å². The fourth-order valence-corrected chi connectivity index (χ4v) is 0.246. The SMILES string of the molecule is C=C(C)C(=O)O.C=CC(=O)NCC. The maximum atomic E-state index is 10.2. The van der Waals surface area contributed by atoms with Crippen molar-refractivity contribution in [3.8, 4) is 0 Å². The Kier molecular flexibility index (Phi) is 9.15. The van der Waals surface area contributed by atoms with Crippen LogP contribution in [0.2, 0.25) is 0 Å². The number of carbonyl (C=O) groups is 2. The Morgan fingerprint density at radius 2 is 1.92 bits per heavy atom. The molecule has 0 saturated heterocycles. The van der Waals surface area contributed by atoms with Crippen molar-refractivity contribution in [2.45, 2.75) is 13.8 Å². The van der Waals surface area contributed by atoms with E-state index >= 15 is 0 Å². The average molecular weight is 185 g/mol. The first-order valence-electron chi connectivity index (χ1n) is 3.74. The summed E-state index contributed by atoms with van der Waals surface area (Å²) in [5, 5.41) is 10.4. The maximum Gasteiger partial charge on any atom is 0.330 e. The van der Waals surface area contributed by atoms with Crippen molar-refractivity contribution in [1.29, 1.82) is 0 Å². The van der Waals surface area contributed by atoms with Gasteiger partial charge in [0.1, 0.15) is 0 Å². The quantitative estimate of drug-likeness (QED) is 0.643. The van der Waals surface area contributed by atoms with Gasteiger partial charge in [-0.15, -0.1) is 0 Å². The van der Waals surface area contributed by atoms with E-state index in [9.17, 15) is 9.59 Å². The van der Waals surface area contributed by atoms with Gasteiger partial charge in [0.05, 0.1) is 0 Å². The fourth-order valence-electron chi connectivity index (χ4n) is 0.246. The molecule has 1 amide bonds. The van der Waals surface area contributed by atoms with Crippen molar-refractivity contribution in [1.82, 2.24) is 5.32 Å². The molecule has 0 heterocycles. The summed E-state index contributed by atoms with van der Waals surface area (Å²) in [5.74, 6) is -1.04. The molecule has 0 spiro atoms. The third-order valence-corrected chi connectivity index (χ3v) is 0.901. The van der Waals surface area contributed by atoms with Crippen LogP contribution in [0.15, 0.2) is 24.8 Å². The number of rotatable bonds is 3. The largest absolute Gasteiger partial charge is 0.478 e. The van der Waals surface area contributed by atoms with Gasteiger partial charge in [-0.1, -0.05) is 13.2 Å². The second-order valence-corrected chi connectivity index (χ2v) is 2.18. The zero-order valence-electron chi connectivity index (χ0n) is 7.96. The molecule has 0 atom stereocenters. The van der Waals surface area contributed by atoms with Crippen LogP contribution in [0.3, 0.4) is 0 Å². The van der Waals surface area contributed by atoms with Crippen LogP contribution in [0.5, 0.6) is 0 Å². The van der Waals surface area contributed by atoms with Gasteiger partial charge in [0.25, 0.3) is 0 Å². The van der Waals surface area contributed by atoms with E-state index in [-0.39, 0.29) is 11.5 Å². The minimum atomic E-state index is -0.935. The smallest absolute Gasteiger partial charge is 0.330 e. The molecule has 4 nitrogen and oxygen atoms in total. The lowest BCUT2D eigenvalue weighted by Crippen LogP contribution is -2.19. The number of aliphatic carboxylic acids is 1. The summed E-state index contributed by atoms with van der Waals surface area (Å²) in [7, 11) is 0. The van der Waals surface area contributed by atoms with Crippen molar-refractivity contribution >= 4 is 11.9 Å². The Balaban J connectivity index is 0. The molecule has 0 fully saturated rings. The molecule has 0 aliphatic heterocycles. The Bertz CT molecular complexity index is 197. The van der Waals surface area contributed by atoms with Gasteiger partial charge >= 0.3 is 5.97 Å². The highest BCUT2D eigenvalue weighted by atomic mass is 16.4. The Morgan fingerprint density at radius 3 is 2.00 bits per heavy atom. The molecule has 0 bridgehead atoms. The van der Waals surface area contributed by atoms with Gasteiger partial charge < -0.3 is 10.4 Å². The number of carboxylic acids is 1. The Labute approximate surface area is 78.0 Å². The van der Waals surface area contributed by atoms with Crippen molar-refractivity contribution < 1.29 is 14.7 Å². The minimum Gasteiger partial charge on any atom is -0.478 e. The lowest BCUT2D eigenvalue weighted by Gasteiger charge is -1.90. The molecule has 0 aromatic rings. The highest BCUT2D eigenvalue weighted by Crippen LogP contribution is 1.81. The first-order valence-corrected chi connectivity index (χ1v) is 3.74. The summed E-state index contributed by atoms with van der Waals surface area (Å²) in [6.07, 6.45) is 1.25. The summed E-state index contributed by atoms with van der Waals surface area (Å²) < 4.78 is 0. The van der Waals surface area contributed by atoms with E-state index in [2.05, 4.69) is 18.5 Å². The average Bonchev–Trinajstić information content (AvgIpc) is 2.05. The van der Waals surface area contributed by atoms with Gasteiger partial charge in [-0.05, 0) is 19.9 Å². The molecular formula is C9H15NO3. The Morgan fingerprint density at radius 1 is 1.54 bits per heavy atom. The molecule has 0 aromatic carbocycles. The van der Waals surface area contributed by atoms with Crippen LogP contribution in [0.1, 0.15) is 13.8 Å². The van der Waals surface area contributed by atoms with E-state index in [1.165, 1.54) is 13.0 Å². The van der Waals surface area contributed by atoms with E-state index in [4.69, 9.17) is 5.11 Å². The lowest BCUT2D eigenvalue weighted by molar-refractivity contribution is -0.132. The van der Waals surface area contributed by atoms with Gasteiger partial charge in [-0.3, -0.25) is 4.79 Å². The monoisotopic (exact) mass is 185 g/mol. The van der Waals surface area contributed by atoms with Crippen LogP contribution in [0.4, 0.5) is 0 Å². The highest BCUT2D eigenvalue weighted by molar-refractivity contribution is 5.86. The fraction of sp³-hybridized carbons (Fsp3) is 0.333. The minimum absolute atomic E-state index is 0.109. The molecule has 0 radical (unpaired) electrons. The highest BCUT2D eigenvalue weighted by Gasteiger charge is 1.90. The van der Waals surface area contributed by atoms with Crippen molar-refractivity contribution in [3.63, 3.8) is 0 Å². The summed E-state index contributed by atoms with van der Waals surface area (Å²) in [4.78, 5) is 19.8. The van der Waals surface area contributed by atoms with E-state index in [0.717, 1.165) is 0 Å². The van der Waals surface area contributed by atoms with Crippen LogP contribution in [-0.4, -0.2) is 23.5 Å². The normalized spacial score (nSPS) is 7.54. The number of nitrogens with one attached hydrogen (secondary N) is 1. The second kappa shape index (κ2) is 8.52. The predicted molar refractivity (Wildman–Crippen MR) is 51.3 cm³/mol. The zero-order chi connectivity index (χ0) is 10.9. The number of hydrogen-bond donors (Lipinski definition) is 2.